The fourth-order valence-electron chi connectivity index (χ4n) is 1.75. The highest BCUT2D eigenvalue weighted by Crippen LogP contribution is 2.26. The largest absolute Gasteiger partial charge is 0.491 e. The Morgan fingerprint density at radius 3 is 2.84 bits per heavy atom. The number of nitrogen functional groups attached to an aromatic ring is 1. The van der Waals surface area contributed by atoms with Gasteiger partial charge >= 0.3 is 0 Å². The van der Waals surface area contributed by atoms with Crippen molar-refractivity contribution in [2.75, 3.05) is 17.7 Å². The minimum absolute atomic E-state index is 0.686. The van der Waals surface area contributed by atoms with Gasteiger partial charge in [-0.3, -0.25) is 0 Å². The van der Waals surface area contributed by atoms with Crippen molar-refractivity contribution in [2.45, 2.75) is 26.8 Å². The molecule has 0 radical (unpaired) electrons. The van der Waals surface area contributed by atoms with Crippen molar-refractivity contribution in [1.29, 1.82) is 0 Å². The van der Waals surface area contributed by atoms with Crippen LogP contribution in [0.3, 0.4) is 0 Å². The summed E-state index contributed by atoms with van der Waals surface area (Å²) in [4.78, 5) is 1.35. The number of nitrogens with one attached hydrogen (secondary N) is 1. The molecule has 4 heteroatoms. The smallest absolute Gasteiger partial charge is 0.144 e. The van der Waals surface area contributed by atoms with Crippen LogP contribution >= 0.6 is 11.3 Å². The molecule has 1 aromatic heterocycles. The number of rotatable bonds is 6. The molecule has 0 fully saturated rings. The lowest BCUT2D eigenvalue weighted by atomic mass is 10.2. The van der Waals surface area contributed by atoms with E-state index in [2.05, 4.69) is 30.6 Å². The van der Waals surface area contributed by atoms with Gasteiger partial charge in [-0.25, -0.2) is 0 Å². The van der Waals surface area contributed by atoms with Crippen LogP contribution in [0.25, 0.3) is 0 Å². The maximum atomic E-state index is 5.89. The number of hydrogen-bond donors (Lipinski definition) is 2. The van der Waals surface area contributed by atoms with E-state index in [1.54, 1.807) is 11.3 Å². The first-order valence-corrected chi connectivity index (χ1v) is 7.38. The second-order valence-electron chi connectivity index (χ2n) is 4.48. The van der Waals surface area contributed by atoms with E-state index in [1.807, 2.05) is 18.2 Å². The normalized spacial score (nSPS) is 10.4. The third kappa shape index (κ3) is 3.64. The summed E-state index contributed by atoms with van der Waals surface area (Å²) in [7, 11) is 0. The Balaban J connectivity index is 2.02. The fraction of sp³-hybridized carbons (Fsp3) is 0.333. The van der Waals surface area contributed by atoms with Gasteiger partial charge in [0.15, 0.2) is 0 Å². The van der Waals surface area contributed by atoms with Gasteiger partial charge in [0.25, 0.3) is 0 Å². The zero-order valence-corrected chi connectivity index (χ0v) is 12.2. The third-order valence-electron chi connectivity index (χ3n) is 2.90. The Bertz CT molecular complexity index is 537. The van der Waals surface area contributed by atoms with Crippen LogP contribution in [0.15, 0.2) is 29.6 Å². The summed E-state index contributed by atoms with van der Waals surface area (Å²) in [5, 5.41) is 5.52. The highest BCUT2D eigenvalue weighted by Gasteiger charge is 2.04. The van der Waals surface area contributed by atoms with Crippen molar-refractivity contribution in [2.24, 2.45) is 0 Å². The molecular weight excluding hydrogens is 256 g/mol. The summed E-state index contributed by atoms with van der Waals surface area (Å²) >= 11 is 1.77. The first kappa shape index (κ1) is 13.7. The lowest BCUT2D eigenvalue weighted by Crippen LogP contribution is -2.02. The zero-order valence-electron chi connectivity index (χ0n) is 11.4. The predicted octanol–water partition coefficient (Wildman–Crippen LogP) is 4.04. The van der Waals surface area contributed by atoms with E-state index in [4.69, 9.17) is 10.5 Å². The highest BCUT2D eigenvalue weighted by molar-refractivity contribution is 7.10. The molecule has 0 amide bonds. The molecule has 19 heavy (non-hydrogen) atoms. The second kappa shape index (κ2) is 6.48. The van der Waals surface area contributed by atoms with E-state index >= 15 is 0 Å². The highest BCUT2D eigenvalue weighted by atomic mass is 32.1. The lowest BCUT2D eigenvalue weighted by Gasteiger charge is -2.11. The van der Waals surface area contributed by atoms with Crippen LogP contribution in [0.2, 0.25) is 0 Å². The number of benzene rings is 1. The van der Waals surface area contributed by atoms with Gasteiger partial charge < -0.3 is 15.8 Å². The minimum atomic E-state index is 0.686. The van der Waals surface area contributed by atoms with Crippen LogP contribution in [0.4, 0.5) is 11.4 Å². The van der Waals surface area contributed by atoms with Gasteiger partial charge in [-0.2, -0.15) is 0 Å². The van der Waals surface area contributed by atoms with Crippen molar-refractivity contribution >= 4 is 22.7 Å². The first-order valence-electron chi connectivity index (χ1n) is 6.50. The topological polar surface area (TPSA) is 47.3 Å². The van der Waals surface area contributed by atoms with Crippen LogP contribution in [0.1, 0.15) is 23.8 Å². The third-order valence-corrected chi connectivity index (χ3v) is 3.92. The summed E-state index contributed by atoms with van der Waals surface area (Å²) < 4.78 is 5.62. The van der Waals surface area contributed by atoms with E-state index in [9.17, 15) is 0 Å². The average molecular weight is 276 g/mol. The molecule has 3 nitrogen and oxygen atoms in total. The quantitative estimate of drug-likeness (QED) is 0.783. The molecule has 0 saturated carbocycles. The van der Waals surface area contributed by atoms with Crippen LogP contribution in [-0.4, -0.2) is 6.61 Å². The number of hydrogen-bond acceptors (Lipinski definition) is 4. The summed E-state index contributed by atoms with van der Waals surface area (Å²) in [6.45, 7) is 5.74. The molecule has 0 aliphatic carbocycles. The van der Waals surface area contributed by atoms with Gasteiger partial charge in [0.2, 0.25) is 0 Å². The molecule has 0 saturated heterocycles. The standard InChI is InChI=1S/C15H20N2OS/c1-3-7-18-14-9-12(4-5-13(14)16)17-10-15-11(2)6-8-19-15/h4-6,8-9,17H,3,7,10,16H2,1-2H3. The SMILES string of the molecule is CCCOc1cc(NCc2sccc2C)ccc1N. The van der Waals surface area contributed by atoms with Crippen molar-refractivity contribution < 1.29 is 4.74 Å². The molecule has 0 spiro atoms. The summed E-state index contributed by atoms with van der Waals surface area (Å²) in [5.41, 5.74) is 8.95. The van der Waals surface area contributed by atoms with Gasteiger partial charge in [-0.1, -0.05) is 6.92 Å². The molecule has 3 N–H and O–H groups in total. The Morgan fingerprint density at radius 2 is 2.16 bits per heavy atom. The first-order chi connectivity index (χ1) is 9.20. The molecule has 1 heterocycles. The molecule has 1 aromatic carbocycles. The lowest BCUT2D eigenvalue weighted by molar-refractivity contribution is 0.319. The van der Waals surface area contributed by atoms with E-state index in [1.165, 1.54) is 10.4 Å². The minimum Gasteiger partial charge on any atom is -0.491 e. The van der Waals surface area contributed by atoms with E-state index in [0.29, 0.717) is 12.3 Å². The molecule has 2 aromatic rings. The van der Waals surface area contributed by atoms with Crippen LogP contribution in [0, 0.1) is 6.92 Å². The summed E-state index contributed by atoms with van der Waals surface area (Å²) in [6, 6.07) is 7.97. The molecule has 0 atom stereocenters. The van der Waals surface area contributed by atoms with Gasteiger partial charge in [0.1, 0.15) is 5.75 Å². The number of thiophene rings is 1. The number of aryl methyl sites for hydroxylation is 1. The molecule has 0 bridgehead atoms. The van der Waals surface area contributed by atoms with Gasteiger partial charge in [-0.05, 0) is 42.5 Å². The molecule has 0 aliphatic rings. The number of ether oxygens (including phenoxy) is 1. The van der Waals surface area contributed by atoms with Crippen molar-refractivity contribution in [3.05, 3.63) is 40.1 Å². The maximum absolute atomic E-state index is 5.89. The van der Waals surface area contributed by atoms with Crippen LogP contribution in [-0.2, 0) is 6.54 Å². The number of anilines is 2. The Labute approximate surface area is 118 Å². The Hall–Kier alpha value is -1.68. The van der Waals surface area contributed by atoms with Crippen molar-refractivity contribution in [3.63, 3.8) is 0 Å². The maximum Gasteiger partial charge on any atom is 0.144 e. The van der Waals surface area contributed by atoms with Gasteiger partial charge in [-0.15, -0.1) is 11.3 Å². The Kier molecular flexibility index (Phi) is 4.68. The van der Waals surface area contributed by atoms with E-state index < -0.39 is 0 Å². The monoisotopic (exact) mass is 276 g/mol. The van der Waals surface area contributed by atoms with Crippen molar-refractivity contribution in [3.8, 4) is 5.75 Å². The predicted molar refractivity (Wildman–Crippen MR) is 83.0 cm³/mol. The molecule has 102 valence electrons. The molecule has 0 unspecified atom stereocenters. The van der Waals surface area contributed by atoms with E-state index in [0.717, 1.165) is 24.4 Å². The van der Waals surface area contributed by atoms with Gasteiger partial charge in [0, 0.05) is 23.2 Å². The average Bonchev–Trinajstić information content (AvgIpc) is 2.82. The van der Waals surface area contributed by atoms with Crippen LogP contribution < -0.4 is 15.8 Å². The Morgan fingerprint density at radius 1 is 1.32 bits per heavy atom. The molecule has 2 rings (SSSR count). The molecular formula is C15H20N2OS. The van der Waals surface area contributed by atoms with Crippen LogP contribution in [0.5, 0.6) is 5.75 Å². The second-order valence-corrected chi connectivity index (χ2v) is 5.48. The zero-order chi connectivity index (χ0) is 13.7. The van der Waals surface area contributed by atoms with Crippen molar-refractivity contribution in [1.82, 2.24) is 0 Å². The number of nitrogens with two attached hydrogens (primary N) is 1. The summed E-state index contributed by atoms with van der Waals surface area (Å²) in [6.07, 6.45) is 0.978. The summed E-state index contributed by atoms with van der Waals surface area (Å²) in [5.74, 6) is 0.759. The van der Waals surface area contributed by atoms with E-state index in [-0.39, 0.29) is 0 Å². The fourth-order valence-corrected chi connectivity index (χ4v) is 2.59. The van der Waals surface area contributed by atoms with Gasteiger partial charge in [0.05, 0.1) is 12.3 Å². The molecule has 0 aliphatic heterocycles.